The van der Waals surface area contributed by atoms with Gasteiger partial charge in [0, 0.05) is 31.7 Å². The maximum atomic E-state index is 12.2. The Kier molecular flexibility index (Phi) is 5.16. The summed E-state index contributed by atoms with van der Waals surface area (Å²) in [4.78, 5) is 14.7. The maximum Gasteiger partial charge on any atom is 0.287 e. The van der Waals surface area contributed by atoms with Gasteiger partial charge in [-0.3, -0.25) is 9.69 Å². The third-order valence-corrected chi connectivity index (χ3v) is 4.55. The molecule has 1 aromatic rings. The van der Waals surface area contributed by atoms with Gasteiger partial charge >= 0.3 is 0 Å². The van der Waals surface area contributed by atoms with Gasteiger partial charge in [-0.25, -0.2) is 0 Å². The lowest BCUT2D eigenvalue weighted by atomic mass is 10.2. The van der Waals surface area contributed by atoms with Crippen LogP contribution in [0.2, 0.25) is 0 Å². The summed E-state index contributed by atoms with van der Waals surface area (Å²) in [7, 11) is 0. The monoisotopic (exact) mass is 306 g/mol. The lowest BCUT2D eigenvalue weighted by molar-refractivity contribution is 0.0834. The summed E-state index contributed by atoms with van der Waals surface area (Å²) in [5, 5.41) is 2.93. The molecule has 0 spiro atoms. The number of ether oxygens (including phenoxy) is 1. The number of hydrogen-bond donors (Lipinski definition) is 1. The van der Waals surface area contributed by atoms with Crippen LogP contribution in [0.25, 0.3) is 0 Å². The van der Waals surface area contributed by atoms with Crippen molar-refractivity contribution in [2.45, 2.75) is 51.7 Å². The van der Waals surface area contributed by atoms with E-state index in [1.807, 2.05) is 6.07 Å². The smallest absolute Gasteiger partial charge is 0.287 e. The van der Waals surface area contributed by atoms with E-state index in [1.165, 1.54) is 12.8 Å². The summed E-state index contributed by atoms with van der Waals surface area (Å²) in [6.45, 7) is 6.64. The second kappa shape index (κ2) is 7.29. The summed E-state index contributed by atoms with van der Waals surface area (Å²) >= 11 is 0. The number of rotatable bonds is 6. The van der Waals surface area contributed by atoms with E-state index in [4.69, 9.17) is 9.15 Å². The number of hydrogen-bond acceptors (Lipinski definition) is 4. The molecule has 2 fully saturated rings. The fraction of sp³-hybridized carbons (Fsp3) is 0.706. The second-order valence-electron chi connectivity index (χ2n) is 6.24. The van der Waals surface area contributed by atoms with Crippen molar-refractivity contribution in [3.8, 4) is 0 Å². The van der Waals surface area contributed by atoms with Crippen LogP contribution in [-0.4, -0.2) is 43.2 Å². The first-order valence-corrected chi connectivity index (χ1v) is 8.50. The summed E-state index contributed by atoms with van der Waals surface area (Å²) in [5.41, 5.74) is 1.16. The summed E-state index contributed by atoms with van der Waals surface area (Å²) < 4.78 is 11.3. The third-order valence-electron chi connectivity index (χ3n) is 4.55. The van der Waals surface area contributed by atoms with Crippen molar-refractivity contribution in [3.63, 3.8) is 0 Å². The molecule has 1 amide bonds. The largest absolute Gasteiger partial charge is 0.456 e. The molecule has 1 aromatic heterocycles. The van der Waals surface area contributed by atoms with Crippen LogP contribution < -0.4 is 5.32 Å². The highest BCUT2D eigenvalue weighted by Crippen LogP contribution is 2.21. The molecule has 3 heterocycles. The molecule has 2 aliphatic rings. The normalized spacial score (nSPS) is 22.3. The van der Waals surface area contributed by atoms with Crippen LogP contribution in [0.5, 0.6) is 0 Å². The minimum atomic E-state index is -0.127. The predicted octanol–water partition coefficient (Wildman–Crippen LogP) is 2.35. The summed E-state index contributed by atoms with van der Waals surface area (Å²) in [6, 6.07) is 1.92. The van der Waals surface area contributed by atoms with Crippen LogP contribution in [0, 0.1) is 0 Å². The lowest BCUT2D eigenvalue weighted by Crippen LogP contribution is -2.31. The SMILES string of the molecule is CCc1oc(C(=O)NC[C@@H]2CCCO2)cc1CN1CCCC1. The molecule has 0 unspecified atom stereocenters. The quantitative estimate of drug-likeness (QED) is 0.876. The van der Waals surface area contributed by atoms with Gasteiger partial charge in [0.25, 0.3) is 5.91 Å². The molecule has 0 radical (unpaired) electrons. The Morgan fingerprint density at radius 2 is 2.18 bits per heavy atom. The van der Waals surface area contributed by atoms with E-state index in [2.05, 4.69) is 17.1 Å². The molecule has 0 aromatic carbocycles. The average molecular weight is 306 g/mol. The number of carbonyl (C=O) groups excluding carboxylic acids is 1. The lowest BCUT2D eigenvalue weighted by Gasteiger charge is -2.13. The Bertz CT molecular complexity index is 500. The van der Waals surface area contributed by atoms with Crippen molar-refractivity contribution in [1.29, 1.82) is 0 Å². The van der Waals surface area contributed by atoms with Gasteiger partial charge in [0.05, 0.1) is 6.10 Å². The highest BCUT2D eigenvalue weighted by atomic mass is 16.5. The Labute approximate surface area is 132 Å². The molecular weight excluding hydrogens is 280 g/mol. The first-order chi connectivity index (χ1) is 10.8. The molecule has 2 aliphatic heterocycles. The van der Waals surface area contributed by atoms with Gasteiger partial charge in [0.1, 0.15) is 5.76 Å². The molecule has 5 heteroatoms. The van der Waals surface area contributed by atoms with E-state index in [0.717, 1.165) is 56.8 Å². The Balaban J connectivity index is 1.59. The number of furan rings is 1. The highest BCUT2D eigenvalue weighted by molar-refractivity contribution is 5.91. The van der Waals surface area contributed by atoms with E-state index >= 15 is 0 Å². The predicted molar refractivity (Wildman–Crippen MR) is 83.9 cm³/mol. The minimum Gasteiger partial charge on any atom is -0.456 e. The molecule has 0 bridgehead atoms. The first kappa shape index (κ1) is 15.6. The second-order valence-corrected chi connectivity index (χ2v) is 6.24. The average Bonchev–Trinajstić information content (AvgIpc) is 3.27. The molecule has 1 atom stereocenters. The van der Waals surface area contributed by atoms with E-state index in [-0.39, 0.29) is 12.0 Å². The van der Waals surface area contributed by atoms with Crippen LogP contribution in [0.15, 0.2) is 10.5 Å². The molecule has 5 nitrogen and oxygen atoms in total. The summed E-state index contributed by atoms with van der Waals surface area (Å²) in [5.74, 6) is 1.25. The standard InChI is InChI=1S/C17H26N2O3/c1-2-15-13(12-19-7-3-4-8-19)10-16(22-15)17(20)18-11-14-6-5-9-21-14/h10,14H,2-9,11-12H2,1H3,(H,18,20)/t14-/m0/s1. The van der Waals surface area contributed by atoms with Crippen molar-refractivity contribution in [2.75, 3.05) is 26.2 Å². The number of nitrogens with one attached hydrogen (secondary N) is 1. The van der Waals surface area contributed by atoms with Gasteiger partial charge in [0.2, 0.25) is 0 Å². The van der Waals surface area contributed by atoms with E-state index in [0.29, 0.717) is 12.3 Å². The van der Waals surface area contributed by atoms with Gasteiger partial charge in [0.15, 0.2) is 5.76 Å². The van der Waals surface area contributed by atoms with Gasteiger partial charge in [-0.2, -0.15) is 0 Å². The molecule has 0 aliphatic carbocycles. The fourth-order valence-corrected chi connectivity index (χ4v) is 3.29. The van der Waals surface area contributed by atoms with Crippen molar-refractivity contribution < 1.29 is 13.9 Å². The molecule has 22 heavy (non-hydrogen) atoms. The molecule has 2 saturated heterocycles. The van der Waals surface area contributed by atoms with Crippen LogP contribution in [-0.2, 0) is 17.7 Å². The topological polar surface area (TPSA) is 54.7 Å². The zero-order valence-corrected chi connectivity index (χ0v) is 13.4. The van der Waals surface area contributed by atoms with E-state index in [1.54, 1.807) is 0 Å². The molecular formula is C17H26N2O3. The minimum absolute atomic E-state index is 0.127. The van der Waals surface area contributed by atoms with Crippen molar-refractivity contribution in [2.24, 2.45) is 0 Å². The number of carbonyl (C=O) groups is 1. The maximum absolute atomic E-state index is 12.2. The number of likely N-dealkylation sites (tertiary alicyclic amines) is 1. The van der Waals surface area contributed by atoms with Crippen LogP contribution in [0.1, 0.15) is 54.5 Å². The van der Waals surface area contributed by atoms with Gasteiger partial charge < -0.3 is 14.5 Å². The third kappa shape index (κ3) is 3.70. The zero-order valence-electron chi connectivity index (χ0n) is 13.4. The zero-order chi connectivity index (χ0) is 15.4. The number of nitrogens with zero attached hydrogens (tertiary/aromatic N) is 1. The summed E-state index contributed by atoms with van der Waals surface area (Å²) in [6.07, 6.45) is 5.64. The van der Waals surface area contributed by atoms with Gasteiger partial charge in [-0.05, 0) is 44.8 Å². The van der Waals surface area contributed by atoms with Crippen molar-refractivity contribution >= 4 is 5.91 Å². The molecule has 3 rings (SSSR count). The van der Waals surface area contributed by atoms with E-state index < -0.39 is 0 Å². The van der Waals surface area contributed by atoms with Gasteiger partial charge in [-0.1, -0.05) is 6.92 Å². The highest BCUT2D eigenvalue weighted by Gasteiger charge is 2.21. The Morgan fingerprint density at radius 3 is 2.86 bits per heavy atom. The van der Waals surface area contributed by atoms with Crippen molar-refractivity contribution in [1.82, 2.24) is 10.2 Å². The number of aryl methyl sites for hydroxylation is 1. The Hall–Kier alpha value is -1.33. The molecule has 1 N–H and O–H groups in total. The van der Waals surface area contributed by atoms with E-state index in [9.17, 15) is 4.79 Å². The van der Waals surface area contributed by atoms with Crippen molar-refractivity contribution in [3.05, 3.63) is 23.2 Å². The molecule has 0 saturated carbocycles. The fourth-order valence-electron chi connectivity index (χ4n) is 3.29. The van der Waals surface area contributed by atoms with Gasteiger partial charge in [-0.15, -0.1) is 0 Å². The molecule has 122 valence electrons. The first-order valence-electron chi connectivity index (χ1n) is 8.50. The van der Waals surface area contributed by atoms with Crippen LogP contribution in [0.4, 0.5) is 0 Å². The van der Waals surface area contributed by atoms with Crippen LogP contribution >= 0.6 is 0 Å². The Morgan fingerprint density at radius 1 is 1.36 bits per heavy atom. The number of amides is 1. The van der Waals surface area contributed by atoms with Crippen LogP contribution in [0.3, 0.4) is 0 Å².